The average molecular weight is 188 g/mol. The third-order valence-corrected chi connectivity index (χ3v) is 3.18. The van der Waals surface area contributed by atoms with Crippen LogP contribution in [0.3, 0.4) is 0 Å². The van der Waals surface area contributed by atoms with E-state index >= 15 is 0 Å². The number of aliphatic hydroxyl groups is 2. The molecule has 1 aliphatic heterocycles. The van der Waals surface area contributed by atoms with E-state index in [1.807, 2.05) is 27.7 Å². The molecule has 0 aromatic heterocycles. The number of rotatable bonds is 2. The van der Waals surface area contributed by atoms with Gasteiger partial charge in [-0.2, -0.15) is 0 Å². The zero-order valence-corrected chi connectivity index (χ0v) is 8.87. The Kier molecular flexibility index (Phi) is 2.72. The van der Waals surface area contributed by atoms with Gasteiger partial charge in [-0.1, -0.05) is 13.8 Å². The van der Waals surface area contributed by atoms with Gasteiger partial charge in [-0.25, -0.2) is 0 Å². The topological polar surface area (TPSA) is 49.7 Å². The van der Waals surface area contributed by atoms with E-state index in [0.717, 1.165) is 6.42 Å². The molecule has 0 spiro atoms. The molecule has 1 saturated heterocycles. The van der Waals surface area contributed by atoms with E-state index in [2.05, 4.69) is 0 Å². The van der Waals surface area contributed by atoms with Gasteiger partial charge in [0.15, 0.2) is 0 Å². The minimum Gasteiger partial charge on any atom is -0.396 e. The standard InChI is InChI=1S/C10H20O3/c1-5-7-10(4,6-11)8(12)9(2,3)13-7/h7-8,11-12H,5-6H2,1-4H3/t7-,8+,10+/m1/s1. The molecule has 1 heterocycles. The molecule has 3 atom stereocenters. The maximum atomic E-state index is 9.99. The van der Waals surface area contributed by atoms with Gasteiger partial charge < -0.3 is 14.9 Å². The third-order valence-electron chi connectivity index (χ3n) is 3.18. The zero-order valence-electron chi connectivity index (χ0n) is 8.87. The van der Waals surface area contributed by atoms with Crippen LogP contribution in [0.25, 0.3) is 0 Å². The van der Waals surface area contributed by atoms with E-state index in [1.54, 1.807) is 0 Å². The van der Waals surface area contributed by atoms with Crippen LogP contribution in [0.1, 0.15) is 34.1 Å². The van der Waals surface area contributed by atoms with Crippen molar-refractivity contribution in [1.82, 2.24) is 0 Å². The normalized spacial score (nSPS) is 43.8. The minimum atomic E-state index is -0.602. The molecule has 0 bridgehead atoms. The minimum absolute atomic E-state index is 0.0316. The monoisotopic (exact) mass is 188 g/mol. The van der Waals surface area contributed by atoms with E-state index in [9.17, 15) is 10.2 Å². The lowest BCUT2D eigenvalue weighted by molar-refractivity contribution is -0.0566. The van der Waals surface area contributed by atoms with Crippen molar-refractivity contribution in [3.05, 3.63) is 0 Å². The van der Waals surface area contributed by atoms with Crippen LogP contribution < -0.4 is 0 Å². The van der Waals surface area contributed by atoms with Crippen LogP contribution in [0.15, 0.2) is 0 Å². The van der Waals surface area contributed by atoms with Crippen molar-refractivity contribution < 1.29 is 14.9 Å². The van der Waals surface area contributed by atoms with Crippen molar-refractivity contribution >= 4 is 0 Å². The molecule has 0 aromatic rings. The highest BCUT2D eigenvalue weighted by molar-refractivity contribution is 5.03. The van der Waals surface area contributed by atoms with Gasteiger partial charge in [-0.3, -0.25) is 0 Å². The summed E-state index contributed by atoms with van der Waals surface area (Å²) in [4.78, 5) is 0. The van der Waals surface area contributed by atoms with Crippen molar-refractivity contribution in [3.63, 3.8) is 0 Å². The van der Waals surface area contributed by atoms with Crippen molar-refractivity contribution in [2.24, 2.45) is 5.41 Å². The van der Waals surface area contributed by atoms with E-state index in [4.69, 9.17) is 4.74 Å². The van der Waals surface area contributed by atoms with Crippen LogP contribution in [0.4, 0.5) is 0 Å². The van der Waals surface area contributed by atoms with Gasteiger partial charge in [0.25, 0.3) is 0 Å². The molecule has 3 heteroatoms. The van der Waals surface area contributed by atoms with Crippen molar-refractivity contribution in [2.75, 3.05) is 6.61 Å². The average Bonchev–Trinajstić information content (AvgIpc) is 2.27. The maximum Gasteiger partial charge on any atom is 0.0924 e. The summed E-state index contributed by atoms with van der Waals surface area (Å²) in [6.07, 6.45) is 0.162. The van der Waals surface area contributed by atoms with Gasteiger partial charge in [-0.15, -0.1) is 0 Å². The number of hydrogen-bond donors (Lipinski definition) is 2. The molecule has 2 N–H and O–H groups in total. The van der Waals surface area contributed by atoms with Gasteiger partial charge in [0.05, 0.1) is 24.4 Å². The smallest absolute Gasteiger partial charge is 0.0924 e. The lowest BCUT2D eigenvalue weighted by Gasteiger charge is -2.31. The third kappa shape index (κ3) is 1.49. The molecule has 1 fully saturated rings. The number of aliphatic hydroxyl groups excluding tert-OH is 2. The van der Waals surface area contributed by atoms with Gasteiger partial charge in [0.2, 0.25) is 0 Å². The summed E-state index contributed by atoms with van der Waals surface area (Å²) in [5, 5.41) is 19.3. The first kappa shape index (κ1) is 11.0. The lowest BCUT2D eigenvalue weighted by atomic mass is 9.76. The van der Waals surface area contributed by atoms with E-state index in [0.29, 0.717) is 0 Å². The highest BCUT2D eigenvalue weighted by Gasteiger charge is 2.55. The summed E-state index contributed by atoms with van der Waals surface area (Å²) in [5.41, 5.74) is -1.06. The summed E-state index contributed by atoms with van der Waals surface area (Å²) in [7, 11) is 0. The Bertz CT molecular complexity index is 191. The van der Waals surface area contributed by atoms with Crippen LogP contribution in [0.2, 0.25) is 0 Å². The Morgan fingerprint density at radius 1 is 1.31 bits per heavy atom. The van der Waals surface area contributed by atoms with Crippen LogP contribution >= 0.6 is 0 Å². The van der Waals surface area contributed by atoms with Gasteiger partial charge in [0, 0.05) is 5.41 Å². The lowest BCUT2D eigenvalue weighted by Crippen LogP contribution is -2.44. The second-order valence-corrected chi connectivity index (χ2v) is 4.68. The Labute approximate surface area is 79.7 Å². The summed E-state index contributed by atoms with van der Waals surface area (Å²) in [5.74, 6) is 0. The predicted octanol–water partition coefficient (Wildman–Crippen LogP) is 0.933. The van der Waals surface area contributed by atoms with Crippen molar-refractivity contribution in [3.8, 4) is 0 Å². The van der Waals surface area contributed by atoms with Gasteiger partial charge in [-0.05, 0) is 20.3 Å². The first-order chi connectivity index (χ1) is 5.88. The first-order valence-electron chi connectivity index (χ1n) is 4.85. The van der Waals surface area contributed by atoms with Gasteiger partial charge in [0.1, 0.15) is 0 Å². The highest BCUT2D eigenvalue weighted by atomic mass is 16.5. The fraction of sp³-hybridized carbons (Fsp3) is 1.00. The summed E-state index contributed by atoms with van der Waals surface area (Å²) in [6.45, 7) is 7.58. The molecule has 3 nitrogen and oxygen atoms in total. The molecule has 1 aliphatic rings. The summed E-state index contributed by atoms with van der Waals surface area (Å²) in [6, 6.07) is 0. The van der Waals surface area contributed by atoms with Crippen LogP contribution in [0.5, 0.6) is 0 Å². The predicted molar refractivity (Wildman–Crippen MR) is 50.4 cm³/mol. The van der Waals surface area contributed by atoms with E-state index in [-0.39, 0.29) is 12.7 Å². The van der Waals surface area contributed by atoms with Gasteiger partial charge >= 0.3 is 0 Å². The van der Waals surface area contributed by atoms with E-state index < -0.39 is 17.1 Å². The van der Waals surface area contributed by atoms with Crippen molar-refractivity contribution in [1.29, 1.82) is 0 Å². The first-order valence-corrected chi connectivity index (χ1v) is 4.85. The molecule has 0 radical (unpaired) electrons. The Morgan fingerprint density at radius 3 is 2.15 bits per heavy atom. The van der Waals surface area contributed by atoms with E-state index in [1.165, 1.54) is 0 Å². The zero-order chi connectivity index (χ0) is 10.3. The number of ether oxygens (including phenoxy) is 1. The SMILES string of the molecule is CC[C@H]1OC(C)(C)[C@H](O)[C@@]1(C)CO. The van der Waals surface area contributed by atoms with Crippen LogP contribution in [-0.4, -0.2) is 34.6 Å². The maximum absolute atomic E-state index is 9.99. The highest BCUT2D eigenvalue weighted by Crippen LogP contribution is 2.45. The molecule has 1 rings (SSSR count). The molecular formula is C10H20O3. The molecule has 0 saturated carbocycles. The quantitative estimate of drug-likeness (QED) is 0.678. The molecule has 13 heavy (non-hydrogen) atoms. The fourth-order valence-corrected chi connectivity index (χ4v) is 2.27. The van der Waals surface area contributed by atoms with Crippen LogP contribution in [-0.2, 0) is 4.74 Å². The Balaban J connectivity index is 2.93. The second-order valence-electron chi connectivity index (χ2n) is 4.68. The molecule has 0 amide bonds. The Morgan fingerprint density at radius 2 is 1.85 bits per heavy atom. The van der Waals surface area contributed by atoms with Crippen LogP contribution in [0, 0.1) is 5.41 Å². The largest absolute Gasteiger partial charge is 0.396 e. The fourth-order valence-electron chi connectivity index (χ4n) is 2.27. The molecule has 78 valence electrons. The molecular weight excluding hydrogens is 168 g/mol. The molecule has 0 unspecified atom stereocenters. The molecule has 0 aromatic carbocycles. The Hall–Kier alpha value is -0.120. The number of hydrogen-bond acceptors (Lipinski definition) is 3. The summed E-state index contributed by atoms with van der Waals surface area (Å²) < 4.78 is 5.71. The summed E-state index contributed by atoms with van der Waals surface area (Å²) >= 11 is 0. The molecule has 0 aliphatic carbocycles. The van der Waals surface area contributed by atoms with Crippen molar-refractivity contribution in [2.45, 2.75) is 51.9 Å². The second kappa shape index (κ2) is 3.23.